The molecule has 0 radical (unpaired) electrons. The van der Waals surface area contributed by atoms with Gasteiger partial charge >= 0.3 is 0 Å². The zero-order valence-electron chi connectivity index (χ0n) is 10.00. The maximum absolute atomic E-state index is 12.0. The number of rotatable bonds is 3. The Morgan fingerprint density at radius 2 is 2.06 bits per heavy atom. The topological polar surface area (TPSA) is 41.1 Å². The second-order valence-electron chi connectivity index (χ2n) is 4.82. The molecule has 0 bridgehead atoms. The van der Waals surface area contributed by atoms with Gasteiger partial charge in [0, 0.05) is 11.3 Å². The van der Waals surface area contributed by atoms with E-state index in [2.05, 4.69) is 16.9 Å². The Morgan fingerprint density at radius 1 is 1.25 bits per heavy atom. The first-order chi connectivity index (χ1) is 7.81. The third-order valence-electron chi connectivity index (χ3n) is 3.71. The molecule has 1 heterocycles. The summed E-state index contributed by atoms with van der Waals surface area (Å²) in [5.41, 5.74) is 0. The van der Waals surface area contributed by atoms with Crippen molar-refractivity contribution < 1.29 is 4.79 Å². The van der Waals surface area contributed by atoms with Gasteiger partial charge in [-0.15, -0.1) is 0 Å². The third-order valence-corrected chi connectivity index (χ3v) is 4.88. The van der Waals surface area contributed by atoms with Gasteiger partial charge in [-0.25, -0.2) is 0 Å². The number of hydrogen-bond acceptors (Lipinski definition) is 3. The SMILES string of the molecule is CSC1CCCCC1NC(=O)[C@H]1CCCN1. The standard InChI is InChI=1S/C12H22N2OS/c1-16-11-7-3-2-5-9(11)14-12(15)10-6-4-8-13-10/h9-11,13H,2-8H2,1H3,(H,14,15)/t9?,10-,11?/m1/s1. The summed E-state index contributed by atoms with van der Waals surface area (Å²) in [5, 5.41) is 7.12. The van der Waals surface area contributed by atoms with Crippen molar-refractivity contribution in [3.8, 4) is 0 Å². The molecule has 1 aliphatic heterocycles. The molecular formula is C12H22N2OS. The second kappa shape index (κ2) is 5.92. The first-order valence-corrected chi connectivity index (χ1v) is 7.66. The van der Waals surface area contributed by atoms with Crippen LogP contribution < -0.4 is 10.6 Å². The lowest BCUT2D eigenvalue weighted by molar-refractivity contribution is -0.123. The maximum Gasteiger partial charge on any atom is 0.237 e. The van der Waals surface area contributed by atoms with Crippen LogP contribution in [0, 0.1) is 0 Å². The summed E-state index contributed by atoms with van der Waals surface area (Å²) < 4.78 is 0. The average molecular weight is 242 g/mol. The minimum absolute atomic E-state index is 0.0735. The second-order valence-corrected chi connectivity index (χ2v) is 5.90. The summed E-state index contributed by atoms with van der Waals surface area (Å²) >= 11 is 1.90. The van der Waals surface area contributed by atoms with E-state index in [4.69, 9.17) is 0 Å². The van der Waals surface area contributed by atoms with Gasteiger partial charge in [-0.3, -0.25) is 4.79 Å². The predicted octanol–water partition coefficient (Wildman–Crippen LogP) is 1.53. The van der Waals surface area contributed by atoms with Crippen molar-refractivity contribution in [1.82, 2.24) is 10.6 Å². The molecule has 92 valence electrons. The van der Waals surface area contributed by atoms with Crippen molar-refractivity contribution in [2.45, 2.75) is 55.9 Å². The summed E-state index contributed by atoms with van der Waals surface area (Å²) in [6.07, 6.45) is 9.29. The van der Waals surface area contributed by atoms with Crippen molar-refractivity contribution in [3.63, 3.8) is 0 Å². The van der Waals surface area contributed by atoms with Gasteiger partial charge in [0.05, 0.1) is 6.04 Å². The lowest BCUT2D eigenvalue weighted by Crippen LogP contribution is -2.49. The summed E-state index contributed by atoms with van der Waals surface area (Å²) in [6, 6.07) is 0.475. The van der Waals surface area contributed by atoms with Crippen LogP contribution >= 0.6 is 11.8 Å². The van der Waals surface area contributed by atoms with Gasteiger partial charge < -0.3 is 10.6 Å². The number of carbonyl (C=O) groups is 1. The molecule has 16 heavy (non-hydrogen) atoms. The molecular weight excluding hydrogens is 220 g/mol. The Kier molecular flexibility index (Phi) is 4.53. The first kappa shape index (κ1) is 12.2. The van der Waals surface area contributed by atoms with Crippen LogP contribution in [0.25, 0.3) is 0 Å². The smallest absolute Gasteiger partial charge is 0.237 e. The molecule has 0 aromatic carbocycles. The number of carbonyl (C=O) groups excluding carboxylic acids is 1. The molecule has 1 saturated carbocycles. The van der Waals surface area contributed by atoms with E-state index in [0.717, 1.165) is 25.8 Å². The molecule has 3 nitrogen and oxygen atoms in total. The van der Waals surface area contributed by atoms with Gasteiger partial charge in [0.25, 0.3) is 0 Å². The van der Waals surface area contributed by atoms with E-state index in [1.165, 1.54) is 19.3 Å². The Balaban J connectivity index is 1.84. The number of nitrogens with one attached hydrogen (secondary N) is 2. The summed E-state index contributed by atoms with van der Waals surface area (Å²) in [4.78, 5) is 12.0. The van der Waals surface area contributed by atoms with Crippen molar-refractivity contribution in [1.29, 1.82) is 0 Å². The molecule has 1 saturated heterocycles. The Bertz CT molecular complexity index is 241. The van der Waals surface area contributed by atoms with E-state index in [-0.39, 0.29) is 11.9 Å². The van der Waals surface area contributed by atoms with Crippen molar-refractivity contribution >= 4 is 17.7 Å². The van der Waals surface area contributed by atoms with Crippen LogP contribution in [0.1, 0.15) is 38.5 Å². The molecule has 2 fully saturated rings. The highest BCUT2D eigenvalue weighted by Gasteiger charge is 2.29. The molecule has 2 unspecified atom stereocenters. The molecule has 3 atom stereocenters. The van der Waals surface area contributed by atoms with Crippen LogP contribution in [-0.2, 0) is 4.79 Å². The lowest BCUT2D eigenvalue weighted by atomic mass is 9.94. The van der Waals surface area contributed by atoms with E-state index >= 15 is 0 Å². The summed E-state index contributed by atoms with van der Waals surface area (Å²) in [5.74, 6) is 0.225. The Labute approximate surface area is 102 Å². The van der Waals surface area contributed by atoms with E-state index in [0.29, 0.717) is 11.3 Å². The number of thioether (sulfide) groups is 1. The van der Waals surface area contributed by atoms with Crippen LogP contribution in [0.5, 0.6) is 0 Å². The van der Waals surface area contributed by atoms with Crippen molar-refractivity contribution in [3.05, 3.63) is 0 Å². The van der Waals surface area contributed by atoms with Crippen LogP contribution in [0.2, 0.25) is 0 Å². The molecule has 0 spiro atoms. The largest absolute Gasteiger partial charge is 0.351 e. The minimum Gasteiger partial charge on any atom is -0.351 e. The fourth-order valence-corrected chi connectivity index (χ4v) is 3.67. The first-order valence-electron chi connectivity index (χ1n) is 6.38. The lowest BCUT2D eigenvalue weighted by Gasteiger charge is -2.31. The molecule has 0 aromatic rings. The molecule has 2 aliphatic rings. The normalized spacial score (nSPS) is 34.9. The summed E-state index contributed by atoms with van der Waals surface area (Å²) in [7, 11) is 0. The quantitative estimate of drug-likeness (QED) is 0.788. The predicted molar refractivity (Wildman–Crippen MR) is 68.7 cm³/mol. The molecule has 2 rings (SSSR count). The van der Waals surface area contributed by atoms with Gasteiger partial charge in [-0.1, -0.05) is 12.8 Å². The van der Waals surface area contributed by atoms with Crippen LogP contribution in [-0.4, -0.2) is 36.0 Å². The highest BCUT2D eigenvalue weighted by atomic mass is 32.2. The monoisotopic (exact) mass is 242 g/mol. The van der Waals surface area contributed by atoms with Crippen molar-refractivity contribution in [2.24, 2.45) is 0 Å². The third kappa shape index (κ3) is 2.92. The summed E-state index contributed by atoms with van der Waals surface area (Å²) in [6.45, 7) is 0.995. The van der Waals surface area contributed by atoms with Crippen LogP contribution in [0.3, 0.4) is 0 Å². The highest BCUT2D eigenvalue weighted by molar-refractivity contribution is 7.99. The minimum atomic E-state index is 0.0735. The Morgan fingerprint density at radius 3 is 2.75 bits per heavy atom. The van der Waals surface area contributed by atoms with Gasteiger partial charge in [0.1, 0.15) is 0 Å². The molecule has 1 amide bonds. The molecule has 2 N–H and O–H groups in total. The zero-order valence-corrected chi connectivity index (χ0v) is 10.8. The van der Waals surface area contributed by atoms with E-state index in [1.54, 1.807) is 0 Å². The molecule has 4 heteroatoms. The highest BCUT2D eigenvalue weighted by Crippen LogP contribution is 2.27. The van der Waals surface area contributed by atoms with Crippen molar-refractivity contribution in [2.75, 3.05) is 12.8 Å². The maximum atomic E-state index is 12.0. The zero-order chi connectivity index (χ0) is 11.4. The molecule has 0 aromatic heterocycles. The van der Waals surface area contributed by atoms with Crippen LogP contribution in [0.4, 0.5) is 0 Å². The van der Waals surface area contributed by atoms with Crippen LogP contribution in [0.15, 0.2) is 0 Å². The fourth-order valence-electron chi connectivity index (χ4n) is 2.74. The van der Waals surface area contributed by atoms with Gasteiger partial charge in [-0.2, -0.15) is 11.8 Å². The van der Waals surface area contributed by atoms with Gasteiger partial charge in [0.2, 0.25) is 5.91 Å². The van der Waals surface area contributed by atoms with E-state index in [1.807, 2.05) is 11.8 Å². The van der Waals surface area contributed by atoms with Gasteiger partial charge in [0.15, 0.2) is 0 Å². The van der Waals surface area contributed by atoms with E-state index < -0.39 is 0 Å². The fraction of sp³-hybridized carbons (Fsp3) is 0.917. The number of amides is 1. The Hall–Kier alpha value is -0.220. The average Bonchev–Trinajstić information content (AvgIpc) is 2.83. The van der Waals surface area contributed by atoms with Gasteiger partial charge in [-0.05, 0) is 38.5 Å². The molecule has 1 aliphatic carbocycles. The van der Waals surface area contributed by atoms with E-state index in [9.17, 15) is 4.79 Å². The number of hydrogen-bond donors (Lipinski definition) is 2.